The second-order valence-corrected chi connectivity index (χ2v) is 16.9. The maximum absolute atomic E-state index is 16.4. The van der Waals surface area contributed by atoms with Crippen LogP contribution in [-0.2, 0) is 40.4 Å². The first kappa shape index (κ1) is 45.1. The van der Waals surface area contributed by atoms with Crippen LogP contribution in [0.1, 0.15) is 77.4 Å². The van der Waals surface area contributed by atoms with E-state index in [9.17, 15) is 9.90 Å². The molecule has 3 amide bonds. The van der Waals surface area contributed by atoms with Crippen molar-refractivity contribution in [2.75, 3.05) is 45.0 Å². The number of carbonyl (C=O) groups excluding carboxylic acids is 4. The number of hydrogen-bond donors (Lipinski definition) is 2. The summed E-state index contributed by atoms with van der Waals surface area (Å²) in [5.74, 6) is 3.36. The van der Waals surface area contributed by atoms with Crippen LogP contribution in [0.5, 0.6) is 5.75 Å². The van der Waals surface area contributed by atoms with Crippen LogP contribution >= 0.6 is 0 Å². The van der Waals surface area contributed by atoms with Gasteiger partial charge in [0.15, 0.2) is 0 Å². The fourth-order valence-electron chi connectivity index (χ4n) is 10.3. The molecule has 67 heavy (non-hydrogen) atoms. The maximum Gasteiger partial charge on any atom is 0.421 e. The van der Waals surface area contributed by atoms with Crippen molar-refractivity contribution in [3.8, 4) is 17.6 Å². The fourth-order valence-corrected chi connectivity index (χ4v) is 10.3. The van der Waals surface area contributed by atoms with Crippen molar-refractivity contribution in [2.45, 2.75) is 61.7 Å². The van der Waals surface area contributed by atoms with Crippen LogP contribution in [-0.4, -0.2) is 85.0 Å². The maximum atomic E-state index is 16.4. The van der Waals surface area contributed by atoms with Gasteiger partial charge >= 0.3 is 12.1 Å². The number of para-hydroxylation sites is 1. The van der Waals surface area contributed by atoms with Gasteiger partial charge < -0.3 is 29.4 Å². The second kappa shape index (κ2) is 20.2. The van der Waals surface area contributed by atoms with E-state index in [1.807, 2.05) is 89.8 Å². The molecule has 2 N–H and O–H groups in total. The minimum absolute atomic E-state index is 0.0664. The summed E-state index contributed by atoms with van der Waals surface area (Å²) in [4.78, 5) is 69.5. The highest BCUT2D eigenvalue weighted by atomic mass is 16.6. The number of ether oxygens (including phenoxy) is 4. The fraction of sp³-hybridized carbons (Fsp3) is 0.315. The summed E-state index contributed by atoms with van der Waals surface area (Å²) in [5.41, 5.74) is 2.62. The predicted octanol–water partition coefficient (Wildman–Crippen LogP) is 7.11. The SMILES string of the molecule is COCCOC(=O)N1C(=O)[C@@]2(c3cc(C#CC4=CCCCC4)ccc31)[C@H](C(=O)NCCc1ccccn1)[C@H]1C(=O)O[C@H](c3ccccc3)[C@H](c3ccccc3)N1[C@@H]2c1ccccc1OCCO. The van der Waals surface area contributed by atoms with Gasteiger partial charge in [0, 0.05) is 43.1 Å². The van der Waals surface area contributed by atoms with Gasteiger partial charge in [-0.3, -0.25) is 24.3 Å². The standard InChI is InChI=1S/C54H52N4O9/c1-64-33-34-66-53(63)57-43-27-26-37(25-24-36-15-5-2-6-16-36)35-42(43)54(52(57)62)45(50(60)56-30-28-40-21-13-14-29-55-40)47-51(61)67-48(39-19-9-4-10-20-39)46(38-17-7-3-8-18-38)58(47)49(54)41-22-11-12-23-44(41)65-32-31-59/h3-4,7-15,17-23,26-27,29,35,45-49,59H,2,5-6,16,28,30-34H2,1H3,(H,56,60)/t45-,46-,47-,48+,49+,54-/m0/s1. The van der Waals surface area contributed by atoms with E-state index in [-0.39, 0.29) is 38.7 Å². The zero-order valence-electron chi connectivity index (χ0n) is 37.2. The van der Waals surface area contributed by atoms with Gasteiger partial charge in [-0.05, 0) is 84.3 Å². The van der Waals surface area contributed by atoms with Crippen molar-refractivity contribution in [3.05, 3.63) is 173 Å². The van der Waals surface area contributed by atoms with Crippen molar-refractivity contribution in [1.29, 1.82) is 0 Å². The van der Waals surface area contributed by atoms with Crippen LogP contribution in [0.2, 0.25) is 0 Å². The molecule has 0 unspecified atom stereocenters. The molecule has 2 saturated heterocycles. The third-order valence-electron chi connectivity index (χ3n) is 13.1. The number of esters is 1. The van der Waals surface area contributed by atoms with Gasteiger partial charge in [0.2, 0.25) is 11.8 Å². The third kappa shape index (κ3) is 8.60. The summed E-state index contributed by atoms with van der Waals surface area (Å²) < 4.78 is 23.8. The highest BCUT2D eigenvalue weighted by molar-refractivity contribution is 6.23. The summed E-state index contributed by atoms with van der Waals surface area (Å²) in [6.07, 6.45) is 6.17. The van der Waals surface area contributed by atoms with Gasteiger partial charge in [0.05, 0.1) is 36.9 Å². The predicted molar refractivity (Wildman–Crippen MR) is 249 cm³/mol. The molecule has 6 atom stereocenters. The lowest BCUT2D eigenvalue weighted by molar-refractivity contribution is -0.178. The minimum Gasteiger partial charge on any atom is -0.491 e. The number of allylic oxidation sites excluding steroid dienone is 2. The van der Waals surface area contributed by atoms with Crippen LogP contribution < -0.4 is 15.0 Å². The summed E-state index contributed by atoms with van der Waals surface area (Å²) in [5, 5.41) is 13.2. The number of benzene rings is 4. The number of anilines is 1. The molecule has 4 aromatic carbocycles. The van der Waals surface area contributed by atoms with Crippen molar-refractivity contribution >= 4 is 29.6 Å². The molecule has 1 aliphatic carbocycles. The van der Waals surface area contributed by atoms with E-state index in [0.29, 0.717) is 34.4 Å². The Bertz CT molecular complexity index is 2700. The van der Waals surface area contributed by atoms with Crippen LogP contribution in [0.3, 0.4) is 0 Å². The molecule has 0 saturated carbocycles. The first-order valence-corrected chi connectivity index (χ1v) is 22.8. The Morgan fingerprint density at radius 1 is 0.866 bits per heavy atom. The molecule has 2 fully saturated rings. The van der Waals surface area contributed by atoms with E-state index in [4.69, 9.17) is 18.9 Å². The monoisotopic (exact) mass is 900 g/mol. The van der Waals surface area contributed by atoms with E-state index in [2.05, 4.69) is 28.2 Å². The van der Waals surface area contributed by atoms with Gasteiger partial charge in [-0.15, -0.1) is 0 Å². The highest BCUT2D eigenvalue weighted by Crippen LogP contribution is 2.66. The number of aromatic nitrogens is 1. The molecular formula is C54H52N4O9. The van der Waals surface area contributed by atoms with E-state index in [0.717, 1.165) is 47.4 Å². The number of fused-ring (bicyclic) bond motifs is 3. The molecule has 342 valence electrons. The highest BCUT2D eigenvalue weighted by Gasteiger charge is 2.76. The number of aliphatic hydroxyl groups excluding tert-OH is 1. The molecule has 0 bridgehead atoms. The average molecular weight is 901 g/mol. The van der Waals surface area contributed by atoms with Gasteiger partial charge in [0.25, 0.3) is 0 Å². The Morgan fingerprint density at radius 3 is 2.36 bits per heavy atom. The van der Waals surface area contributed by atoms with Crippen molar-refractivity contribution in [2.24, 2.45) is 5.92 Å². The van der Waals surface area contributed by atoms with Crippen LogP contribution in [0.4, 0.5) is 10.5 Å². The van der Waals surface area contributed by atoms with E-state index < -0.39 is 59.4 Å². The zero-order valence-corrected chi connectivity index (χ0v) is 37.2. The lowest BCUT2D eigenvalue weighted by Gasteiger charge is -2.46. The Hall–Kier alpha value is -7.11. The molecular weight excluding hydrogens is 849 g/mol. The quantitative estimate of drug-likeness (QED) is 0.0706. The first-order chi connectivity index (χ1) is 32.9. The van der Waals surface area contributed by atoms with Gasteiger partial charge in [-0.25, -0.2) is 9.69 Å². The Kier molecular flexibility index (Phi) is 13.6. The number of rotatable bonds is 13. The number of methoxy groups -OCH3 is 1. The number of morpholine rings is 1. The summed E-state index contributed by atoms with van der Waals surface area (Å²) in [6.45, 7) is -0.378. The van der Waals surface area contributed by atoms with Gasteiger partial charge in [-0.1, -0.05) is 103 Å². The van der Waals surface area contributed by atoms with E-state index in [1.165, 1.54) is 7.11 Å². The molecule has 4 heterocycles. The molecule has 3 aliphatic heterocycles. The van der Waals surface area contributed by atoms with E-state index >= 15 is 14.4 Å². The molecule has 4 aliphatic rings. The average Bonchev–Trinajstić information content (AvgIpc) is 3.82. The van der Waals surface area contributed by atoms with Crippen molar-refractivity contribution in [1.82, 2.24) is 15.2 Å². The molecule has 9 rings (SSSR count). The molecule has 13 nitrogen and oxygen atoms in total. The minimum atomic E-state index is -2.05. The number of carbonyl (C=O) groups is 4. The van der Waals surface area contributed by atoms with E-state index in [1.54, 1.807) is 42.6 Å². The number of cyclic esters (lactones) is 1. The number of imide groups is 1. The Morgan fingerprint density at radius 2 is 1.63 bits per heavy atom. The molecule has 13 heteroatoms. The van der Waals surface area contributed by atoms with Gasteiger partial charge in [-0.2, -0.15) is 0 Å². The number of amides is 3. The van der Waals surface area contributed by atoms with Crippen molar-refractivity contribution in [3.63, 3.8) is 0 Å². The lowest BCUT2D eigenvalue weighted by Crippen LogP contribution is -2.56. The Balaban J connectivity index is 1.34. The van der Waals surface area contributed by atoms with Crippen LogP contribution in [0.25, 0.3) is 0 Å². The summed E-state index contributed by atoms with van der Waals surface area (Å²) >= 11 is 0. The molecule has 1 spiro atoms. The normalized spacial score (nSPS) is 23.0. The Labute approximate surface area is 389 Å². The van der Waals surface area contributed by atoms with Crippen LogP contribution in [0, 0.1) is 17.8 Å². The van der Waals surface area contributed by atoms with Crippen molar-refractivity contribution < 1.29 is 43.2 Å². The number of pyridine rings is 1. The summed E-state index contributed by atoms with van der Waals surface area (Å²) in [7, 11) is 1.47. The van der Waals surface area contributed by atoms with Gasteiger partial charge in [0.1, 0.15) is 36.5 Å². The largest absolute Gasteiger partial charge is 0.491 e. The second-order valence-electron chi connectivity index (χ2n) is 16.9. The lowest BCUT2D eigenvalue weighted by atomic mass is 9.65. The molecule has 5 aromatic rings. The van der Waals surface area contributed by atoms with Crippen LogP contribution in [0.15, 0.2) is 139 Å². The first-order valence-electron chi connectivity index (χ1n) is 22.8. The summed E-state index contributed by atoms with van der Waals surface area (Å²) in [6, 6.07) is 33.4. The molecule has 0 radical (unpaired) electrons. The smallest absolute Gasteiger partial charge is 0.421 e. The topological polar surface area (TPSA) is 157 Å². The number of nitrogens with one attached hydrogen (secondary N) is 1. The third-order valence-corrected chi connectivity index (χ3v) is 13.1. The number of nitrogens with zero attached hydrogens (tertiary/aromatic N) is 3. The number of hydrogen-bond acceptors (Lipinski definition) is 11. The zero-order chi connectivity index (χ0) is 46.3. The number of aliphatic hydroxyl groups is 1. The molecule has 1 aromatic heterocycles.